The van der Waals surface area contributed by atoms with Crippen LogP contribution >= 0.6 is 15.9 Å². The molecule has 132 valence electrons. The standard InChI is InChI=1S/C19H22BrN3O2/c20-17-12-19-18(24-9-10-25-19)11-16(17)14-23-7-5-22(6-8-23)13-15-1-3-21-4-2-15/h1-4,11-12H,5-10,13-14H2. The lowest BCUT2D eigenvalue weighted by molar-refractivity contribution is 0.121. The van der Waals surface area contributed by atoms with Gasteiger partial charge in [0.25, 0.3) is 0 Å². The average Bonchev–Trinajstić information content (AvgIpc) is 2.65. The monoisotopic (exact) mass is 403 g/mol. The van der Waals surface area contributed by atoms with Crippen molar-refractivity contribution in [2.45, 2.75) is 13.1 Å². The molecule has 1 saturated heterocycles. The van der Waals surface area contributed by atoms with Crippen LogP contribution in [0.25, 0.3) is 0 Å². The highest BCUT2D eigenvalue weighted by molar-refractivity contribution is 9.10. The SMILES string of the molecule is Brc1cc2c(cc1CN1CCN(Cc3ccncc3)CC1)OCCO2. The third-order valence-electron chi connectivity index (χ3n) is 4.73. The minimum absolute atomic E-state index is 0.623. The number of fused-ring (bicyclic) bond motifs is 1. The van der Waals surface area contributed by atoms with Gasteiger partial charge in [-0.1, -0.05) is 15.9 Å². The first-order valence-corrected chi connectivity index (χ1v) is 9.49. The number of rotatable bonds is 4. The highest BCUT2D eigenvalue weighted by Gasteiger charge is 2.20. The molecule has 0 atom stereocenters. The summed E-state index contributed by atoms with van der Waals surface area (Å²) in [6.07, 6.45) is 3.73. The van der Waals surface area contributed by atoms with Gasteiger partial charge in [0.05, 0.1) is 0 Å². The number of benzene rings is 1. The smallest absolute Gasteiger partial charge is 0.162 e. The molecule has 2 aliphatic heterocycles. The summed E-state index contributed by atoms with van der Waals surface area (Å²) in [5.74, 6) is 1.70. The fourth-order valence-corrected chi connectivity index (χ4v) is 3.77. The molecule has 5 nitrogen and oxygen atoms in total. The number of pyridine rings is 1. The highest BCUT2D eigenvalue weighted by Crippen LogP contribution is 2.36. The summed E-state index contributed by atoms with van der Waals surface area (Å²) in [6.45, 7) is 7.51. The molecule has 2 aliphatic rings. The van der Waals surface area contributed by atoms with E-state index in [1.165, 1.54) is 11.1 Å². The molecule has 0 bridgehead atoms. The molecular formula is C19H22BrN3O2. The summed E-state index contributed by atoms with van der Waals surface area (Å²) < 4.78 is 12.4. The molecule has 4 rings (SSSR count). The van der Waals surface area contributed by atoms with Crippen LogP contribution in [0.1, 0.15) is 11.1 Å². The van der Waals surface area contributed by atoms with Gasteiger partial charge in [0.1, 0.15) is 13.2 Å². The Morgan fingerprint density at radius 3 is 2.16 bits per heavy atom. The van der Waals surface area contributed by atoms with Crippen LogP contribution in [0.3, 0.4) is 0 Å². The summed E-state index contributed by atoms with van der Waals surface area (Å²) >= 11 is 3.68. The van der Waals surface area contributed by atoms with Gasteiger partial charge in [0.15, 0.2) is 11.5 Å². The molecule has 0 unspecified atom stereocenters. The number of nitrogens with zero attached hydrogens (tertiary/aromatic N) is 3. The van der Waals surface area contributed by atoms with E-state index in [1.807, 2.05) is 18.5 Å². The fraction of sp³-hybridized carbons (Fsp3) is 0.421. The zero-order valence-corrected chi connectivity index (χ0v) is 15.7. The lowest BCUT2D eigenvalue weighted by Crippen LogP contribution is -2.45. The van der Waals surface area contributed by atoms with E-state index in [9.17, 15) is 0 Å². The number of halogens is 1. The molecule has 3 heterocycles. The summed E-state index contributed by atoms with van der Waals surface area (Å²) in [7, 11) is 0. The molecule has 6 heteroatoms. The van der Waals surface area contributed by atoms with Gasteiger partial charge < -0.3 is 9.47 Å². The molecule has 0 amide bonds. The first kappa shape index (κ1) is 16.8. The summed E-state index contributed by atoms with van der Waals surface area (Å²) in [5, 5.41) is 0. The van der Waals surface area contributed by atoms with Gasteiger partial charge in [-0.25, -0.2) is 0 Å². The summed E-state index contributed by atoms with van der Waals surface area (Å²) in [4.78, 5) is 9.09. The van der Waals surface area contributed by atoms with Crippen molar-refractivity contribution in [1.82, 2.24) is 14.8 Å². The molecule has 1 aromatic carbocycles. The third-order valence-corrected chi connectivity index (χ3v) is 5.46. The largest absolute Gasteiger partial charge is 0.486 e. The normalized spacial score (nSPS) is 18.3. The fourth-order valence-electron chi connectivity index (χ4n) is 3.32. The van der Waals surface area contributed by atoms with Crippen LogP contribution in [0.15, 0.2) is 41.1 Å². The van der Waals surface area contributed by atoms with E-state index in [4.69, 9.17) is 9.47 Å². The topological polar surface area (TPSA) is 37.8 Å². The molecule has 0 aliphatic carbocycles. The maximum atomic E-state index is 5.71. The van der Waals surface area contributed by atoms with Crippen molar-refractivity contribution in [1.29, 1.82) is 0 Å². The second kappa shape index (κ2) is 7.72. The van der Waals surface area contributed by atoms with E-state index in [2.05, 4.69) is 48.9 Å². The number of ether oxygens (including phenoxy) is 2. The van der Waals surface area contributed by atoms with Crippen LogP contribution in [-0.4, -0.2) is 54.2 Å². The maximum Gasteiger partial charge on any atom is 0.162 e. The number of piperazine rings is 1. The Bertz CT molecular complexity index is 718. The van der Waals surface area contributed by atoms with Crippen LogP contribution in [0.4, 0.5) is 0 Å². The summed E-state index contributed by atoms with van der Waals surface area (Å²) in [6, 6.07) is 8.34. The zero-order valence-electron chi connectivity index (χ0n) is 14.2. The van der Waals surface area contributed by atoms with E-state index in [0.717, 1.165) is 55.2 Å². The van der Waals surface area contributed by atoms with Gasteiger partial charge in [-0.05, 0) is 35.4 Å². The quantitative estimate of drug-likeness (QED) is 0.784. The van der Waals surface area contributed by atoms with Gasteiger partial charge in [0.2, 0.25) is 0 Å². The van der Waals surface area contributed by atoms with Crippen LogP contribution in [0.5, 0.6) is 11.5 Å². The number of aromatic nitrogens is 1. The van der Waals surface area contributed by atoms with Gasteiger partial charge in [-0.15, -0.1) is 0 Å². The Labute approximate surface area is 156 Å². The van der Waals surface area contributed by atoms with E-state index in [1.54, 1.807) is 0 Å². The van der Waals surface area contributed by atoms with Crippen molar-refractivity contribution in [2.24, 2.45) is 0 Å². The van der Waals surface area contributed by atoms with Crippen molar-refractivity contribution in [3.63, 3.8) is 0 Å². The van der Waals surface area contributed by atoms with Crippen molar-refractivity contribution >= 4 is 15.9 Å². The van der Waals surface area contributed by atoms with Crippen molar-refractivity contribution < 1.29 is 9.47 Å². The zero-order chi connectivity index (χ0) is 17.1. The van der Waals surface area contributed by atoms with Gasteiger partial charge in [0, 0.05) is 56.1 Å². The number of hydrogen-bond donors (Lipinski definition) is 0. The second-order valence-corrected chi connectivity index (χ2v) is 7.35. The van der Waals surface area contributed by atoms with Crippen molar-refractivity contribution in [3.05, 3.63) is 52.3 Å². The Hall–Kier alpha value is -1.63. The Morgan fingerprint density at radius 2 is 1.48 bits per heavy atom. The Balaban J connectivity index is 1.34. The van der Waals surface area contributed by atoms with E-state index < -0.39 is 0 Å². The molecule has 0 radical (unpaired) electrons. The van der Waals surface area contributed by atoms with Crippen LogP contribution in [0.2, 0.25) is 0 Å². The van der Waals surface area contributed by atoms with Gasteiger partial charge >= 0.3 is 0 Å². The molecule has 0 spiro atoms. The van der Waals surface area contributed by atoms with E-state index in [-0.39, 0.29) is 0 Å². The lowest BCUT2D eigenvalue weighted by Gasteiger charge is -2.35. The molecule has 1 aromatic heterocycles. The number of hydrogen-bond acceptors (Lipinski definition) is 5. The van der Waals surface area contributed by atoms with Crippen molar-refractivity contribution in [2.75, 3.05) is 39.4 Å². The minimum atomic E-state index is 0.623. The second-order valence-electron chi connectivity index (χ2n) is 6.50. The highest BCUT2D eigenvalue weighted by atomic mass is 79.9. The van der Waals surface area contributed by atoms with Crippen LogP contribution in [0, 0.1) is 0 Å². The first-order valence-electron chi connectivity index (χ1n) is 8.69. The molecule has 0 N–H and O–H groups in total. The molecular weight excluding hydrogens is 382 g/mol. The molecule has 1 fully saturated rings. The Kier molecular flexibility index (Phi) is 5.20. The molecule has 2 aromatic rings. The predicted molar refractivity (Wildman–Crippen MR) is 99.9 cm³/mol. The van der Waals surface area contributed by atoms with Gasteiger partial charge in [-0.2, -0.15) is 0 Å². The van der Waals surface area contributed by atoms with Gasteiger partial charge in [-0.3, -0.25) is 14.8 Å². The lowest BCUT2D eigenvalue weighted by atomic mass is 10.1. The average molecular weight is 404 g/mol. The maximum absolute atomic E-state index is 5.71. The third kappa shape index (κ3) is 4.14. The predicted octanol–water partition coefficient (Wildman–Crippen LogP) is 2.93. The minimum Gasteiger partial charge on any atom is -0.486 e. The first-order chi connectivity index (χ1) is 12.3. The van der Waals surface area contributed by atoms with E-state index >= 15 is 0 Å². The van der Waals surface area contributed by atoms with E-state index in [0.29, 0.717) is 13.2 Å². The van der Waals surface area contributed by atoms with Crippen LogP contribution < -0.4 is 9.47 Å². The molecule has 25 heavy (non-hydrogen) atoms. The molecule has 0 saturated carbocycles. The Morgan fingerprint density at radius 1 is 0.880 bits per heavy atom. The summed E-state index contributed by atoms with van der Waals surface area (Å²) in [5.41, 5.74) is 2.59. The van der Waals surface area contributed by atoms with Crippen molar-refractivity contribution in [3.8, 4) is 11.5 Å². The van der Waals surface area contributed by atoms with Crippen LogP contribution in [-0.2, 0) is 13.1 Å².